The number of hydrogen-bond acceptors (Lipinski definition) is 5. The van der Waals surface area contributed by atoms with Gasteiger partial charge in [0.05, 0.1) is 19.4 Å². The molecule has 0 saturated heterocycles. The van der Waals surface area contributed by atoms with Gasteiger partial charge in [-0.2, -0.15) is 0 Å². The van der Waals surface area contributed by atoms with E-state index in [2.05, 4.69) is 4.98 Å². The fraction of sp³-hybridized carbons (Fsp3) is 0.222. The van der Waals surface area contributed by atoms with Gasteiger partial charge in [-0.15, -0.1) is 11.3 Å². The van der Waals surface area contributed by atoms with E-state index >= 15 is 0 Å². The Balaban J connectivity index is 2.04. The lowest BCUT2D eigenvalue weighted by Crippen LogP contribution is -2.17. The Morgan fingerprint density at radius 1 is 1.33 bits per heavy atom. The van der Waals surface area contributed by atoms with E-state index in [-0.39, 0.29) is 5.56 Å². The van der Waals surface area contributed by atoms with Crippen molar-refractivity contribution in [3.05, 3.63) is 57.0 Å². The predicted molar refractivity (Wildman–Crippen MR) is 97.2 cm³/mol. The van der Waals surface area contributed by atoms with Gasteiger partial charge in [0, 0.05) is 22.7 Å². The van der Waals surface area contributed by atoms with Crippen LogP contribution in [0.5, 0.6) is 11.5 Å². The molecule has 24 heavy (non-hydrogen) atoms. The molecule has 0 spiro atoms. The van der Waals surface area contributed by atoms with Gasteiger partial charge in [-0.3, -0.25) is 9.20 Å². The van der Waals surface area contributed by atoms with E-state index in [9.17, 15) is 4.79 Å². The summed E-state index contributed by atoms with van der Waals surface area (Å²) in [6, 6.07) is 5.71. The van der Waals surface area contributed by atoms with Crippen LogP contribution in [0, 0.1) is 6.92 Å². The molecule has 0 radical (unpaired) electrons. The second kappa shape index (κ2) is 6.88. The number of methoxy groups -OCH3 is 1. The van der Waals surface area contributed by atoms with Gasteiger partial charge in [-0.25, -0.2) is 4.98 Å². The van der Waals surface area contributed by atoms with Crippen molar-refractivity contribution in [3.8, 4) is 11.5 Å². The van der Waals surface area contributed by atoms with Gasteiger partial charge in [0.15, 0.2) is 16.5 Å². The van der Waals surface area contributed by atoms with Crippen molar-refractivity contribution in [2.24, 2.45) is 0 Å². The van der Waals surface area contributed by atoms with Crippen LogP contribution < -0.4 is 15.0 Å². The molecular formula is C18H18N2O3S. The van der Waals surface area contributed by atoms with Crippen LogP contribution in [0.1, 0.15) is 23.7 Å². The lowest BCUT2D eigenvalue weighted by molar-refractivity contribution is 0.310. The lowest BCUT2D eigenvalue weighted by Gasteiger charge is -2.11. The standard InChI is InChI=1S/C18H18N2O3S/c1-4-23-15-7-5-6-13(16(15)22-3)8-9-14-12(2)17(21)20-10-11-24-18(20)19-14/h5-11H,4H2,1-3H3/b9-8+. The summed E-state index contributed by atoms with van der Waals surface area (Å²) in [5.74, 6) is 1.36. The minimum Gasteiger partial charge on any atom is -0.492 e. The largest absolute Gasteiger partial charge is 0.492 e. The van der Waals surface area contributed by atoms with Crippen LogP contribution in [-0.2, 0) is 0 Å². The molecule has 0 atom stereocenters. The number of hydrogen-bond donors (Lipinski definition) is 0. The van der Waals surface area contributed by atoms with E-state index < -0.39 is 0 Å². The molecule has 2 heterocycles. The van der Waals surface area contributed by atoms with Crippen LogP contribution in [-0.4, -0.2) is 23.1 Å². The molecule has 124 valence electrons. The van der Waals surface area contributed by atoms with Crippen LogP contribution in [0.25, 0.3) is 17.1 Å². The van der Waals surface area contributed by atoms with Gasteiger partial charge in [0.2, 0.25) is 0 Å². The maximum Gasteiger partial charge on any atom is 0.262 e. The molecule has 0 aliphatic heterocycles. The third-order valence-electron chi connectivity index (χ3n) is 3.66. The van der Waals surface area contributed by atoms with Crippen molar-refractivity contribution in [1.29, 1.82) is 0 Å². The summed E-state index contributed by atoms with van der Waals surface area (Å²) in [5.41, 5.74) is 2.10. The average Bonchev–Trinajstić information content (AvgIpc) is 3.06. The first-order chi connectivity index (χ1) is 11.7. The van der Waals surface area contributed by atoms with Crippen molar-refractivity contribution >= 4 is 28.4 Å². The SMILES string of the molecule is CCOc1cccc(/C=C/c2nc3sccn3c(=O)c2C)c1OC. The highest BCUT2D eigenvalue weighted by Crippen LogP contribution is 2.32. The summed E-state index contributed by atoms with van der Waals surface area (Å²) in [6.45, 7) is 4.28. The fourth-order valence-electron chi connectivity index (χ4n) is 2.47. The number of nitrogens with zero attached hydrogens (tertiary/aromatic N) is 2. The number of para-hydroxylation sites is 1. The zero-order chi connectivity index (χ0) is 17.1. The Hall–Kier alpha value is -2.60. The Bertz CT molecular complexity index is 957. The molecule has 0 unspecified atom stereocenters. The zero-order valence-electron chi connectivity index (χ0n) is 13.8. The molecule has 0 amide bonds. The van der Waals surface area contributed by atoms with Gasteiger partial charge in [-0.1, -0.05) is 12.1 Å². The zero-order valence-corrected chi connectivity index (χ0v) is 14.6. The number of rotatable bonds is 5. The van der Waals surface area contributed by atoms with E-state index in [1.165, 1.54) is 11.3 Å². The molecule has 0 bridgehead atoms. The first kappa shape index (κ1) is 16.3. The highest BCUT2D eigenvalue weighted by Gasteiger charge is 2.10. The Labute approximate surface area is 143 Å². The van der Waals surface area contributed by atoms with Gasteiger partial charge in [0.25, 0.3) is 5.56 Å². The van der Waals surface area contributed by atoms with Gasteiger partial charge in [0.1, 0.15) is 0 Å². The second-order valence-corrected chi connectivity index (χ2v) is 6.00. The topological polar surface area (TPSA) is 52.8 Å². The molecule has 0 fully saturated rings. The minimum atomic E-state index is -0.0454. The Kier molecular flexibility index (Phi) is 4.66. The summed E-state index contributed by atoms with van der Waals surface area (Å²) in [4.78, 5) is 17.6. The summed E-state index contributed by atoms with van der Waals surface area (Å²) in [7, 11) is 1.61. The maximum atomic E-state index is 12.3. The summed E-state index contributed by atoms with van der Waals surface area (Å²) < 4.78 is 12.6. The highest BCUT2D eigenvalue weighted by atomic mass is 32.1. The Morgan fingerprint density at radius 2 is 2.17 bits per heavy atom. The molecule has 0 aliphatic carbocycles. The van der Waals surface area contributed by atoms with Crippen molar-refractivity contribution in [3.63, 3.8) is 0 Å². The molecular weight excluding hydrogens is 324 g/mol. The monoisotopic (exact) mass is 342 g/mol. The van der Waals surface area contributed by atoms with E-state index in [4.69, 9.17) is 9.47 Å². The van der Waals surface area contributed by atoms with Crippen molar-refractivity contribution in [1.82, 2.24) is 9.38 Å². The number of aromatic nitrogens is 2. The number of benzene rings is 1. The molecule has 2 aromatic heterocycles. The quantitative estimate of drug-likeness (QED) is 0.710. The molecule has 3 rings (SSSR count). The lowest BCUT2D eigenvalue weighted by atomic mass is 10.1. The molecule has 5 nitrogen and oxygen atoms in total. The van der Waals surface area contributed by atoms with Crippen LogP contribution in [0.15, 0.2) is 34.6 Å². The van der Waals surface area contributed by atoms with Crippen molar-refractivity contribution in [2.75, 3.05) is 13.7 Å². The Morgan fingerprint density at radius 3 is 2.92 bits per heavy atom. The first-order valence-electron chi connectivity index (χ1n) is 7.60. The van der Waals surface area contributed by atoms with E-state index in [1.807, 2.05) is 42.7 Å². The van der Waals surface area contributed by atoms with Crippen molar-refractivity contribution < 1.29 is 9.47 Å². The van der Waals surface area contributed by atoms with Crippen LogP contribution in [0.2, 0.25) is 0 Å². The van der Waals surface area contributed by atoms with Gasteiger partial charge in [-0.05, 0) is 32.1 Å². The van der Waals surface area contributed by atoms with E-state index in [1.54, 1.807) is 24.6 Å². The molecule has 0 N–H and O–H groups in total. The third-order valence-corrected chi connectivity index (χ3v) is 4.42. The molecule has 0 aliphatic rings. The predicted octanol–water partition coefficient (Wildman–Crippen LogP) is 3.64. The molecule has 0 saturated carbocycles. The second-order valence-electron chi connectivity index (χ2n) is 5.13. The number of fused-ring (bicyclic) bond motifs is 1. The van der Waals surface area contributed by atoms with E-state index in [0.29, 0.717) is 34.3 Å². The van der Waals surface area contributed by atoms with Gasteiger partial charge >= 0.3 is 0 Å². The van der Waals surface area contributed by atoms with Crippen LogP contribution >= 0.6 is 11.3 Å². The third kappa shape index (κ3) is 2.92. The normalized spacial score (nSPS) is 11.3. The molecule has 1 aromatic carbocycles. The van der Waals surface area contributed by atoms with Crippen molar-refractivity contribution in [2.45, 2.75) is 13.8 Å². The highest BCUT2D eigenvalue weighted by molar-refractivity contribution is 7.15. The maximum absolute atomic E-state index is 12.3. The van der Waals surface area contributed by atoms with Gasteiger partial charge < -0.3 is 9.47 Å². The molecule has 6 heteroatoms. The summed E-state index contributed by atoms with van der Waals surface area (Å²) >= 11 is 1.44. The smallest absolute Gasteiger partial charge is 0.262 e. The number of thiazole rings is 1. The van der Waals surface area contributed by atoms with Crippen LogP contribution in [0.3, 0.4) is 0 Å². The minimum absolute atomic E-state index is 0.0454. The number of ether oxygens (including phenoxy) is 2. The summed E-state index contributed by atoms with van der Waals surface area (Å²) in [5, 5.41) is 1.85. The first-order valence-corrected chi connectivity index (χ1v) is 8.48. The van der Waals surface area contributed by atoms with Crippen LogP contribution in [0.4, 0.5) is 0 Å². The molecule has 3 aromatic rings. The fourth-order valence-corrected chi connectivity index (χ4v) is 3.18. The average molecular weight is 342 g/mol. The van der Waals surface area contributed by atoms with E-state index in [0.717, 1.165) is 5.56 Å². The summed E-state index contributed by atoms with van der Waals surface area (Å²) in [6.07, 6.45) is 5.47.